The Morgan fingerprint density at radius 1 is 1.57 bits per heavy atom. The molecule has 0 aliphatic heterocycles. The van der Waals surface area contributed by atoms with Gasteiger partial charge in [0.2, 0.25) is 5.24 Å². The molecule has 0 aliphatic rings. The van der Waals surface area contributed by atoms with Gasteiger partial charge in [-0.1, -0.05) is 11.6 Å². The van der Waals surface area contributed by atoms with Crippen molar-refractivity contribution in [1.29, 1.82) is 0 Å². The van der Waals surface area contributed by atoms with E-state index in [0.29, 0.717) is 5.03 Å². The van der Waals surface area contributed by atoms with Crippen LogP contribution in [0.1, 0.15) is 6.92 Å². The van der Waals surface area contributed by atoms with E-state index in [1.807, 2.05) is 0 Å². The summed E-state index contributed by atoms with van der Waals surface area (Å²) in [5, 5.41) is -0.132. The Labute approximate surface area is 51.9 Å². The summed E-state index contributed by atoms with van der Waals surface area (Å²) >= 11 is 10.1. The average Bonchev–Trinajstić information content (AvgIpc) is 1.27. The van der Waals surface area contributed by atoms with Crippen molar-refractivity contribution in [3.05, 3.63) is 11.1 Å². The first-order valence-corrected chi connectivity index (χ1v) is 2.42. The number of carbonyl (C=O) groups excluding carboxylic acids is 1. The van der Waals surface area contributed by atoms with Gasteiger partial charge in [-0.15, -0.1) is 0 Å². The lowest BCUT2D eigenvalue weighted by Crippen LogP contribution is -1.74. The Bertz CT molecular complexity index is 102. The Morgan fingerprint density at radius 2 is 2.00 bits per heavy atom. The van der Waals surface area contributed by atoms with Gasteiger partial charge in [-0.25, -0.2) is 0 Å². The highest BCUT2D eigenvalue weighted by molar-refractivity contribution is 6.67. The van der Waals surface area contributed by atoms with Crippen LogP contribution in [0, 0.1) is 0 Å². The molecule has 7 heavy (non-hydrogen) atoms. The lowest BCUT2D eigenvalue weighted by Gasteiger charge is -1.75. The summed E-state index contributed by atoms with van der Waals surface area (Å²) in [5.74, 6) is 0. The summed E-state index contributed by atoms with van der Waals surface area (Å²) in [5.41, 5.74) is 0. The van der Waals surface area contributed by atoms with Crippen LogP contribution < -0.4 is 0 Å². The molecule has 0 bridgehead atoms. The molecule has 0 aliphatic carbocycles. The van der Waals surface area contributed by atoms with Gasteiger partial charge in [0.15, 0.2) is 0 Å². The molecule has 0 aromatic rings. The molecule has 0 amide bonds. The third-order valence-corrected chi connectivity index (χ3v) is 0.531. The van der Waals surface area contributed by atoms with E-state index in [2.05, 4.69) is 0 Å². The van der Waals surface area contributed by atoms with Crippen molar-refractivity contribution >= 4 is 28.4 Å². The van der Waals surface area contributed by atoms with Gasteiger partial charge in [0.1, 0.15) is 0 Å². The minimum absolute atomic E-state index is 0.403. The van der Waals surface area contributed by atoms with E-state index in [9.17, 15) is 4.79 Å². The zero-order chi connectivity index (χ0) is 5.86. The number of rotatable bonds is 1. The van der Waals surface area contributed by atoms with Gasteiger partial charge in [-0.2, -0.15) is 0 Å². The van der Waals surface area contributed by atoms with E-state index in [-0.39, 0.29) is 0 Å². The molecule has 3 heteroatoms. The van der Waals surface area contributed by atoms with Crippen molar-refractivity contribution in [1.82, 2.24) is 0 Å². The molecule has 0 fully saturated rings. The van der Waals surface area contributed by atoms with Crippen molar-refractivity contribution in [3.63, 3.8) is 0 Å². The van der Waals surface area contributed by atoms with Crippen LogP contribution in [-0.2, 0) is 4.79 Å². The monoisotopic (exact) mass is 138 g/mol. The number of halogens is 2. The minimum atomic E-state index is -0.535. The van der Waals surface area contributed by atoms with E-state index in [0.717, 1.165) is 6.08 Å². The molecule has 0 spiro atoms. The van der Waals surface area contributed by atoms with Crippen molar-refractivity contribution in [2.75, 3.05) is 0 Å². The van der Waals surface area contributed by atoms with E-state index < -0.39 is 5.24 Å². The second kappa shape index (κ2) is 3.05. The molecule has 0 unspecified atom stereocenters. The first-order valence-electron chi connectivity index (χ1n) is 1.66. The summed E-state index contributed by atoms with van der Waals surface area (Å²) in [6, 6.07) is 0. The predicted octanol–water partition coefficient (Wildman–Crippen LogP) is 1.89. The number of hydrogen-bond acceptors (Lipinski definition) is 1. The van der Waals surface area contributed by atoms with Crippen molar-refractivity contribution in [3.8, 4) is 0 Å². The predicted molar refractivity (Wildman–Crippen MR) is 30.5 cm³/mol. The zero-order valence-electron chi connectivity index (χ0n) is 3.74. The molecule has 40 valence electrons. The molecule has 0 aromatic heterocycles. The molecule has 0 heterocycles. The van der Waals surface area contributed by atoms with Crippen molar-refractivity contribution in [2.24, 2.45) is 0 Å². The van der Waals surface area contributed by atoms with Gasteiger partial charge >= 0.3 is 0 Å². The number of carbonyl (C=O) groups is 1. The molecular weight excluding hydrogens is 135 g/mol. The smallest absolute Gasteiger partial charge is 0.246 e. The summed E-state index contributed by atoms with van der Waals surface area (Å²) < 4.78 is 0. The molecule has 0 saturated carbocycles. The number of allylic oxidation sites excluding steroid dienone is 2. The lowest BCUT2D eigenvalue weighted by molar-refractivity contribution is -0.107. The van der Waals surface area contributed by atoms with Gasteiger partial charge in [-0.05, 0) is 18.5 Å². The minimum Gasteiger partial charge on any atom is -0.276 e. The van der Waals surface area contributed by atoms with E-state index in [4.69, 9.17) is 23.2 Å². The molecule has 0 radical (unpaired) electrons. The van der Waals surface area contributed by atoms with E-state index in [1.165, 1.54) is 0 Å². The fourth-order valence-electron chi connectivity index (χ4n) is 0.156. The lowest BCUT2D eigenvalue weighted by atomic mass is 10.6. The summed E-state index contributed by atoms with van der Waals surface area (Å²) in [6.45, 7) is 1.59. The topological polar surface area (TPSA) is 17.1 Å². The fraction of sp³-hybridized carbons (Fsp3) is 0.250. The van der Waals surface area contributed by atoms with Crippen LogP contribution in [0.5, 0.6) is 0 Å². The van der Waals surface area contributed by atoms with Crippen LogP contribution in [0.4, 0.5) is 0 Å². The largest absolute Gasteiger partial charge is 0.276 e. The third-order valence-electron chi connectivity index (χ3n) is 0.312. The van der Waals surface area contributed by atoms with Gasteiger partial charge < -0.3 is 0 Å². The molecule has 0 rings (SSSR count). The highest BCUT2D eigenvalue weighted by atomic mass is 35.5. The zero-order valence-corrected chi connectivity index (χ0v) is 5.25. The van der Waals surface area contributed by atoms with Crippen LogP contribution in [0.3, 0.4) is 0 Å². The third kappa shape index (κ3) is 5.99. The molecule has 0 aromatic carbocycles. The number of hydrogen-bond donors (Lipinski definition) is 0. The highest BCUT2D eigenvalue weighted by Crippen LogP contribution is 1.98. The first kappa shape index (κ1) is 6.99. The van der Waals surface area contributed by atoms with Gasteiger partial charge in [0, 0.05) is 11.1 Å². The normalized spacial score (nSPS) is 11.6. The molecule has 1 nitrogen and oxygen atoms in total. The van der Waals surface area contributed by atoms with Crippen LogP contribution in [-0.4, -0.2) is 5.24 Å². The highest BCUT2D eigenvalue weighted by Gasteiger charge is 1.85. The van der Waals surface area contributed by atoms with E-state index in [1.54, 1.807) is 6.92 Å². The van der Waals surface area contributed by atoms with Crippen molar-refractivity contribution < 1.29 is 4.79 Å². The summed E-state index contributed by atoms with van der Waals surface area (Å²) in [7, 11) is 0. The average molecular weight is 139 g/mol. The van der Waals surface area contributed by atoms with Crippen molar-refractivity contribution in [2.45, 2.75) is 6.92 Å². The van der Waals surface area contributed by atoms with Crippen LogP contribution in [0.15, 0.2) is 11.1 Å². The van der Waals surface area contributed by atoms with Gasteiger partial charge in [0.25, 0.3) is 0 Å². The van der Waals surface area contributed by atoms with Crippen LogP contribution >= 0.6 is 23.2 Å². The molecule has 0 N–H and O–H groups in total. The van der Waals surface area contributed by atoms with Crippen LogP contribution in [0.2, 0.25) is 0 Å². The van der Waals surface area contributed by atoms with Gasteiger partial charge in [0.05, 0.1) is 0 Å². The molecular formula is C4H4Cl2O. The van der Waals surface area contributed by atoms with E-state index >= 15 is 0 Å². The molecule has 0 atom stereocenters. The van der Waals surface area contributed by atoms with Crippen LogP contribution in [0.25, 0.3) is 0 Å². The SMILES string of the molecule is C/C(Cl)=C\C(=O)Cl. The molecule has 0 saturated heterocycles. The maximum atomic E-state index is 9.86. The quantitative estimate of drug-likeness (QED) is 0.400. The second-order valence-corrected chi connectivity index (χ2v) is 2.00. The Balaban J connectivity index is 3.68. The Morgan fingerprint density at radius 3 is 2.00 bits per heavy atom. The summed E-state index contributed by atoms with van der Waals surface area (Å²) in [4.78, 5) is 9.86. The summed E-state index contributed by atoms with van der Waals surface area (Å²) in [6.07, 6.45) is 1.14. The standard InChI is InChI=1S/C4H4Cl2O/c1-3(5)2-4(6)7/h2H,1H3/b3-2+. The maximum Gasteiger partial charge on any atom is 0.246 e. The Hall–Kier alpha value is -0.0100. The fourth-order valence-corrected chi connectivity index (χ4v) is 0.475. The second-order valence-electron chi connectivity index (χ2n) is 1.04. The first-order chi connectivity index (χ1) is 3.13. The Kier molecular flexibility index (Phi) is 3.05. The maximum absolute atomic E-state index is 9.86. The van der Waals surface area contributed by atoms with Gasteiger partial charge in [-0.3, -0.25) is 4.79 Å².